The van der Waals surface area contributed by atoms with Gasteiger partial charge in [0.05, 0.1) is 0 Å². The van der Waals surface area contributed by atoms with Crippen LogP contribution in [0.3, 0.4) is 0 Å². The smallest absolute Gasteiger partial charge is 0.319 e. The van der Waals surface area contributed by atoms with Crippen molar-refractivity contribution in [2.24, 2.45) is 0 Å². The number of hydrogen-bond donors (Lipinski definition) is 2. The van der Waals surface area contributed by atoms with Crippen molar-refractivity contribution >= 4 is 11.7 Å². The molecule has 0 spiro atoms. The second-order valence-corrected chi connectivity index (χ2v) is 6.02. The minimum atomic E-state index is -0.122. The maximum absolute atomic E-state index is 12.1. The summed E-state index contributed by atoms with van der Waals surface area (Å²) in [5.74, 6) is 0. The van der Waals surface area contributed by atoms with E-state index >= 15 is 0 Å². The molecular formula is C19H23N3O. The van der Waals surface area contributed by atoms with E-state index < -0.39 is 0 Å². The van der Waals surface area contributed by atoms with Crippen LogP contribution in [0.15, 0.2) is 60.7 Å². The molecule has 2 aromatic rings. The molecule has 1 atom stereocenters. The summed E-state index contributed by atoms with van der Waals surface area (Å²) in [6.07, 6.45) is 2.15. The number of hydrogen-bond acceptors (Lipinski definition) is 2. The van der Waals surface area contributed by atoms with E-state index in [2.05, 4.69) is 39.8 Å². The van der Waals surface area contributed by atoms with Gasteiger partial charge < -0.3 is 10.6 Å². The average molecular weight is 309 g/mol. The molecule has 2 N–H and O–H groups in total. The standard InChI is InChI=1S/C19H23N3O/c23-19(20-17-10-5-2-6-11-17)21-18-12-7-13-22(15-18)14-16-8-3-1-4-9-16/h1-6,8-11,18H,7,12-15H2,(H2,20,21,23). The van der Waals surface area contributed by atoms with Gasteiger partial charge >= 0.3 is 6.03 Å². The predicted octanol–water partition coefficient (Wildman–Crippen LogP) is 3.47. The van der Waals surface area contributed by atoms with Crippen molar-refractivity contribution in [2.75, 3.05) is 18.4 Å². The second kappa shape index (κ2) is 7.79. The van der Waals surface area contributed by atoms with Crippen LogP contribution in [0.4, 0.5) is 10.5 Å². The predicted molar refractivity (Wildman–Crippen MR) is 93.3 cm³/mol. The third kappa shape index (κ3) is 4.83. The Morgan fingerprint density at radius 3 is 2.48 bits per heavy atom. The van der Waals surface area contributed by atoms with Gasteiger partial charge in [0.2, 0.25) is 0 Å². The number of amides is 2. The fraction of sp³-hybridized carbons (Fsp3) is 0.316. The van der Waals surface area contributed by atoms with E-state index in [4.69, 9.17) is 0 Å². The molecule has 0 aromatic heterocycles. The maximum atomic E-state index is 12.1. The van der Waals surface area contributed by atoms with Gasteiger partial charge in [-0.1, -0.05) is 48.5 Å². The van der Waals surface area contributed by atoms with Crippen LogP contribution in [-0.4, -0.2) is 30.1 Å². The van der Waals surface area contributed by atoms with Gasteiger partial charge in [0, 0.05) is 24.8 Å². The number of nitrogens with one attached hydrogen (secondary N) is 2. The van der Waals surface area contributed by atoms with E-state index in [9.17, 15) is 4.79 Å². The van der Waals surface area contributed by atoms with E-state index in [1.807, 2.05) is 36.4 Å². The second-order valence-electron chi connectivity index (χ2n) is 6.02. The molecule has 1 aliphatic heterocycles. The first-order chi connectivity index (χ1) is 11.3. The summed E-state index contributed by atoms with van der Waals surface area (Å²) in [4.78, 5) is 14.5. The van der Waals surface area contributed by atoms with Crippen molar-refractivity contribution in [3.63, 3.8) is 0 Å². The molecule has 0 saturated carbocycles. The number of nitrogens with zero attached hydrogens (tertiary/aromatic N) is 1. The van der Waals surface area contributed by atoms with Crippen molar-refractivity contribution in [2.45, 2.75) is 25.4 Å². The first-order valence-electron chi connectivity index (χ1n) is 8.18. The van der Waals surface area contributed by atoms with Gasteiger partial charge in [-0.15, -0.1) is 0 Å². The van der Waals surface area contributed by atoms with Crippen LogP contribution >= 0.6 is 0 Å². The van der Waals surface area contributed by atoms with Gasteiger partial charge in [-0.25, -0.2) is 4.79 Å². The Labute approximate surface area is 137 Å². The average Bonchev–Trinajstić information content (AvgIpc) is 2.57. The van der Waals surface area contributed by atoms with Crippen LogP contribution in [0.1, 0.15) is 18.4 Å². The monoisotopic (exact) mass is 309 g/mol. The molecule has 0 aliphatic carbocycles. The van der Waals surface area contributed by atoms with E-state index in [-0.39, 0.29) is 12.1 Å². The summed E-state index contributed by atoms with van der Waals surface area (Å²) in [6.45, 7) is 2.93. The molecule has 1 unspecified atom stereocenters. The Balaban J connectivity index is 1.49. The van der Waals surface area contributed by atoms with Crippen molar-refractivity contribution in [3.05, 3.63) is 66.2 Å². The molecular weight excluding hydrogens is 286 g/mol. The van der Waals surface area contributed by atoms with Crippen molar-refractivity contribution in [1.29, 1.82) is 0 Å². The minimum absolute atomic E-state index is 0.122. The highest BCUT2D eigenvalue weighted by molar-refractivity contribution is 5.89. The Hall–Kier alpha value is -2.33. The number of para-hydroxylation sites is 1. The first-order valence-corrected chi connectivity index (χ1v) is 8.18. The zero-order chi connectivity index (χ0) is 15.9. The van der Waals surface area contributed by atoms with Crippen LogP contribution in [0.25, 0.3) is 0 Å². The fourth-order valence-corrected chi connectivity index (χ4v) is 3.03. The molecule has 120 valence electrons. The number of rotatable bonds is 4. The lowest BCUT2D eigenvalue weighted by Gasteiger charge is -2.33. The van der Waals surface area contributed by atoms with Gasteiger partial charge in [0.1, 0.15) is 0 Å². The topological polar surface area (TPSA) is 44.4 Å². The molecule has 3 rings (SSSR count). The van der Waals surface area contributed by atoms with E-state index in [1.165, 1.54) is 5.56 Å². The molecule has 4 nitrogen and oxygen atoms in total. The fourth-order valence-electron chi connectivity index (χ4n) is 3.03. The molecule has 1 heterocycles. The third-order valence-electron chi connectivity index (χ3n) is 4.12. The molecule has 1 aliphatic rings. The zero-order valence-electron chi connectivity index (χ0n) is 13.2. The van der Waals surface area contributed by atoms with Gasteiger partial charge in [-0.3, -0.25) is 4.90 Å². The normalized spacial score (nSPS) is 18.3. The molecule has 0 bridgehead atoms. The molecule has 1 fully saturated rings. The highest BCUT2D eigenvalue weighted by Gasteiger charge is 2.21. The molecule has 0 radical (unpaired) electrons. The number of piperidine rings is 1. The first kappa shape index (κ1) is 15.6. The van der Waals surface area contributed by atoms with Crippen molar-refractivity contribution < 1.29 is 4.79 Å². The Morgan fingerprint density at radius 1 is 1.04 bits per heavy atom. The number of urea groups is 1. The Bertz CT molecular complexity index is 615. The van der Waals surface area contributed by atoms with Crippen LogP contribution in [0, 0.1) is 0 Å². The minimum Gasteiger partial charge on any atom is -0.334 e. The molecule has 23 heavy (non-hydrogen) atoms. The highest BCUT2D eigenvalue weighted by atomic mass is 16.2. The summed E-state index contributed by atoms with van der Waals surface area (Å²) in [5.41, 5.74) is 2.14. The van der Waals surface area contributed by atoms with Crippen molar-refractivity contribution in [3.8, 4) is 0 Å². The summed E-state index contributed by atoms with van der Waals surface area (Å²) >= 11 is 0. The molecule has 1 saturated heterocycles. The number of likely N-dealkylation sites (tertiary alicyclic amines) is 1. The van der Waals surface area contributed by atoms with Crippen LogP contribution in [-0.2, 0) is 6.54 Å². The molecule has 4 heteroatoms. The van der Waals surface area contributed by atoms with E-state index in [0.717, 1.165) is 38.2 Å². The largest absolute Gasteiger partial charge is 0.334 e. The van der Waals surface area contributed by atoms with Gasteiger partial charge in [0.25, 0.3) is 0 Å². The quantitative estimate of drug-likeness (QED) is 0.908. The Kier molecular flexibility index (Phi) is 5.27. The van der Waals surface area contributed by atoms with Crippen LogP contribution < -0.4 is 10.6 Å². The van der Waals surface area contributed by atoms with E-state index in [1.54, 1.807) is 0 Å². The van der Waals surface area contributed by atoms with Gasteiger partial charge in [-0.2, -0.15) is 0 Å². The SMILES string of the molecule is O=C(Nc1ccccc1)NC1CCCN(Cc2ccccc2)C1. The number of carbonyl (C=O) groups excluding carboxylic acids is 1. The number of carbonyl (C=O) groups is 1. The van der Waals surface area contributed by atoms with Crippen molar-refractivity contribution in [1.82, 2.24) is 10.2 Å². The summed E-state index contributed by atoms with van der Waals surface area (Å²) < 4.78 is 0. The summed E-state index contributed by atoms with van der Waals surface area (Å²) in [7, 11) is 0. The lowest BCUT2D eigenvalue weighted by molar-refractivity contribution is 0.183. The summed E-state index contributed by atoms with van der Waals surface area (Å²) in [6, 6.07) is 20.1. The highest BCUT2D eigenvalue weighted by Crippen LogP contribution is 2.14. The van der Waals surface area contributed by atoms with Gasteiger partial charge in [0.15, 0.2) is 0 Å². The molecule has 2 amide bonds. The van der Waals surface area contributed by atoms with Gasteiger partial charge in [-0.05, 0) is 37.1 Å². The molecule has 2 aromatic carbocycles. The third-order valence-corrected chi connectivity index (χ3v) is 4.12. The lowest BCUT2D eigenvalue weighted by atomic mass is 10.0. The lowest BCUT2D eigenvalue weighted by Crippen LogP contribution is -2.48. The maximum Gasteiger partial charge on any atom is 0.319 e. The zero-order valence-corrected chi connectivity index (χ0v) is 13.2. The Morgan fingerprint density at radius 2 is 1.74 bits per heavy atom. The number of anilines is 1. The van der Waals surface area contributed by atoms with Crippen LogP contribution in [0.2, 0.25) is 0 Å². The van der Waals surface area contributed by atoms with E-state index in [0.29, 0.717) is 0 Å². The number of benzene rings is 2. The summed E-state index contributed by atoms with van der Waals surface area (Å²) in [5, 5.41) is 5.98. The van der Waals surface area contributed by atoms with Crippen LogP contribution in [0.5, 0.6) is 0 Å².